The number of rotatable bonds is 10. The lowest BCUT2D eigenvalue weighted by molar-refractivity contribution is -0.205. The summed E-state index contributed by atoms with van der Waals surface area (Å²) in [5.41, 5.74) is 3.22. The highest BCUT2D eigenvalue weighted by Crippen LogP contribution is 2.45. The van der Waals surface area contributed by atoms with Crippen molar-refractivity contribution in [2.45, 2.75) is 89.0 Å². The van der Waals surface area contributed by atoms with Gasteiger partial charge in [0.15, 0.2) is 0 Å². The Kier molecular flexibility index (Phi) is 9.56. The zero-order valence-electron chi connectivity index (χ0n) is 26.4. The summed E-state index contributed by atoms with van der Waals surface area (Å²) in [6.07, 6.45) is 19.4. The lowest BCUT2D eigenvalue weighted by atomic mass is 9.74. The Hall–Kier alpha value is -3.69. The number of carbonyl (C=O) groups excluding carboxylic acids is 2. The fourth-order valence-electron chi connectivity index (χ4n) is 7.92. The van der Waals surface area contributed by atoms with Crippen LogP contribution in [0.15, 0.2) is 73.0 Å². The number of unbranched alkanes of at least 4 members (excludes halogenated alkanes) is 1. The first-order chi connectivity index (χ1) is 21.9. The topological polar surface area (TPSA) is 111 Å². The molecule has 0 spiro atoms. The van der Waals surface area contributed by atoms with E-state index in [4.69, 9.17) is 0 Å². The second kappa shape index (κ2) is 13.7. The third-order valence-corrected chi connectivity index (χ3v) is 10.4. The average Bonchev–Trinajstić information content (AvgIpc) is 3.55. The Morgan fingerprint density at radius 3 is 2.71 bits per heavy atom. The maximum atomic E-state index is 13.1. The molecule has 4 aliphatic heterocycles. The van der Waals surface area contributed by atoms with E-state index in [1.165, 1.54) is 5.56 Å². The monoisotopic (exact) mass is 613 g/mol. The highest BCUT2D eigenvalue weighted by atomic mass is 16.3. The number of benzene rings is 1. The number of aliphatic hydroxyl groups is 2. The molecule has 3 N–H and O–H groups in total. The van der Waals surface area contributed by atoms with E-state index in [9.17, 15) is 19.8 Å². The molecule has 1 aromatic heterocycles. The SMILES string of the molecule is CCC(=O)N1CCC(C(O)CC2c3ccccc3-c3cncn32)CC1(O)C1CCN(C(=O)CCCCC2=CC=CC=CN2)CC1. The van der Waals surface area contributed by atoms with Crippen LogP contribution >= 0.6 is 0 Å². The third-order valence-electron chi connectivity index (χ3n) is 10.4. The van der Waals surface area contributed by atoms with Gasteiger partial charge in [0.25, 0.3) is 0 Å². The number of hydrogen-bond acceptors (Lipinski definition) is 6. The normalized spacial score (nSPS) is 25.3. The Bertz CT molecular complexity index is 1450. The number of aliphatic hydroxyl groups excluding tert-OH is 1. The minimum Gasteiger partial charge on any atom is -0.393 e. The molecule has 240 valence electrons. The van der Waals surface area contributed by atoms with Crippen LogP contribution in [0.4, 0.5) is 0 Å². The van der Waals surface area contributed by atoms with Gasteiger partial charge in [-0.05, 0) is 68.6 Å². The van der Waals surface area contributed by atoms with Crippen molar-refractivity contribution in [2.75, 3.05) is 19.6 Å². The molecule has 6 rings (SSSR count). The first-order valence-corrected chi connectivity index (χ1v) is 16.8. The summed E-state index contributed by atoms with van der Waals surface area (Å²) in [7, 11) is 0. The van der Waals surface area contributed by atoms with Crippen LogP contribution in [0, 0.1) is 11.8 Å². The van der Waals surface area contributed by atoms with E-state index in [1.807, 2.05) is 60.9 Å². The van der Waals surface area contributed by atoms with Gasteiger partial charge in [-0.3, -0.25) is 9.59 Å². The van der Waals surface area contributed by atoms with E-state index >= 15 is 0 Å². The van der Waals surface area contributed by atoms with Gasteiger partial charge in [0.1, 0.15) is 5.72 Å². The van der Waals surface area contributed by atoms with Crippen molar-refractivity contribution >= 4 is 11.8 Å². The van der Waals surface area contributed by atoms with Gasteiger partial charge >= 0.3 is 0 Å². The van der Waals surface area contributed by atoms with E-state index in [1.54, 1.807) is 4.90 Å². The van der Waals surface area contributed by atoms with Crippen molar-refractivity contribution in [1.82, 2.24) is 24.7 Å². The molecule has 5 heterocycles. The van der Waals surface area contributed by atoms with Gasteiger partial charge in [0.05, 0.1) is 30.4 Å². The van der Waals surface area contributed by atoms with Gasteiger partial charge in [-0.2, -0.15) is 0 Å². The molecule has 0 saturated carbocycles. The highest BCUT2D eigenvalue weighted by molar-refractivity contribution is 5.77. The number of hydrogen-bond donors (Lipinski definition) is 3. The Morgan fingerprint density at radius 1 is 1.07 bits per heavy atom. The third kappa shape index (κ3) is 6.51. The molecule has 2 aromatic rings. The van der Waals surface area contributed by atoms with Crippen molar-refractivity contribution in [3.05, 3.63) is 78.6 Å². The molecule has 0 radical (unpaired) electrons. The molecule has 2 amide bonds. The number of likely N-dealkylation sites (tertiary alicyclic amines) is 2. The van der Waals surface area contributed by atoms with Crippen LogP contribution in [0.5, 0.6) is 0 Å². The number of amides is 2. The number of imidazole rings is 1. The van der Waals surface area contributed by atoms with Crippen LogP contribution in [0.2, 0.25) is 0 Å². The van der Waals surface area contributed by atoms with Crippen LogP contribution in [0.3, 0.4) is 0 Å². The van der Waals surface area contributed by atoms with Crippen LogP contribution < -0.4 is 5.32 Å². The molecule has 1 aromatic carbocycles. The number of aromatic nitrogens is 2. The van der Waals surface area contributed by atoms with Gasteiger partial charge in [0.2, 0.25) is 11.8 Å². The number of carbonyl (C=O) groups is 2. The second-order valence-electron chi connectivity index (χ2n) is 13.1. The molecule has 4 atom stereocenters. The minimum atomic E-state index is -1.33. The van der Waals surface area contributed by atoms with Crippen molar-refractivity contribution in [2.24, 2.45) is 11.8 Å². The van der Waals surface area contributed by atoms with Crippen LogP contribution in [-0.2, 0) is 9.59 Å². The number of nitrogens with one attached hydrogen (secondary N) is 1. The largest absolute Gasteiger partial charge is 0.393 e. The molecule has 4 aliphatic rings. The molecule has 9 heteroatoms. The first kappa shape index (κ1) is 31.3. The van der Waals surface area contributed by atoms with Crippen molar-refractivity contribution in [3.8, 4) is 11.3 Å². The quantitative estimate of drug-likeness (QED) is 0.329. The fourth-order valence-corrected chi connectivity index (χ4v) is 7.92. The van der Waals surface area contributed by atoms with Gasteiger partial charge in [-0.15, -0.1) is 0 Å². The number of piperidine rings is 2. The van der Waals surface area contributed by atoms with Crippen LogP contribution in [-0.4, -0.2) is 72.8 Å². The van der Waals surface area contributed by atoms with Crippen molar-refractivity contribution in [1.29, 1.82) is 0 Å². The first-order valence-electron chi connectivity index (χ1n) is 16.8. The molecule has 2 saturated heterocycles. The predicted octanol–water partition coefficient (Wildman–Crippen LogP) is 4.90. The highest BCUT2D eigenvalue weighted by Gasteiger charge is 2.50. The summed E-state index contributed by atoms with van der Waals surface area (Å²) in [5, 5.41) is 27.2. The summed E-state index contributed by atoms with van der Waals surface area (Å²) < 4.78 is 2.14. The zero-order valence-corrected chi connectivity index (χ0v) is 26.4. The molecular formula is C36H47N5O4. The average molecular weight is 614 g/mol. The smallest absolute Gasteiger partial charge is 0.224 e. The van der Waals surface area contributed by atoms with E-state index in [2.05, 4.69) is 33.1 Å². The summed E-state index contributed by atoms with van der Waals surface area (Å²) in [5.74, 6) is -0.175. The fraction of sp³-hybridized carbons (Fsp3) is 0.528. The summed E-state index contributed by atoms with van der Waals surface area (Å²) in [6, 6.07) is 8.27. The maximum absolute atomic E-state index is 13.1. The lowest BCUT2D eigenvalue weighted by Gasteiger charge is -2.52. The van der Waals surface area contributed by atoms with Gasteiger partial charge < -0.3 is 29.9 Å². The lowest BCUT2D eigenvalue weighted by Crippen LogP contribution is -2.63. The van der Waals surface area contributed by atoms with Gasteiger partial charge in [0, 0.05) is 62.3 Å². The number of nitrogens with zero attached hydrogens (tertiary/aromatic N) is 4. The summed E-state index contributed by atoms with van der Waals surface area (Å²) >= 11 is 0. The molecule has 0 aliphatic carbocycles. The van der Waals surface area contributed by atoms with Crippen molar-refractivity contribution < 1.29 is 19.8 Å². The zero-order chi connectivity index (χ0) is 31.4. The Labute approximate surface area is 266 Å². The summed E-state index contributed by atoms with van der Waals surface area (Å²) in [4.78, 5) is 34.1. The molecule has 0 bridgehead atoms. The second-order valence-corrected chi connectivity index (χ2v) is 13.1. The van der Waals surface area contributed by atoms with E-state index in [0.717, 1.165) is 36.2 Å². The van der Waals surface area contributed by atoms with Crippen LogP contribution in [0.1, 0.15) is 82.7 Å². The standard InChI is InChI=1S/C36H47N5O4/c1-2-34(43)41-21-15-26(33(42)22-31-29-12-6-7-13-30(29)32-24-37-25-40(31)32)23-36(41,45)27-16-19-39(20-17-27)35(44)14-8-5-11-28-10-4-3-9-18-38-28/h3-4,6-7,9-10,12-13,18,24-27,31,33,38,42,45H,2,5,8,11,14-17,19-23H2,1H3. The summed E-state index contributed by atoms with van der Waals surface area (Å²) in [6.45, 7) is 3.43. The van der Waals surface area contributed by atoms with Gasteiger partial charge in [-0.25, -0.2) is 4.98 Å². The predicted molar refractivity (Wildman–Crippen MR) is 173 cm³/mol. The Balaban J connectivity index is 1.06. The minimum absolute atomic E-state index is 0.0137. The van der Waals surface area contributed by atoms with E-state index in [0.29, 0.717) is 64.6 Å². The van der Waals surface area contributed by atoms with Crippen LogP contribution in [0.25, 0.3) is 11.3 Å². The Morgan fingerprint density at radius 2 is 1.89 bits per heavy atom. The number of allylic oxidation sites excluding steroid dienone is 5. The maximum Gasteiger partial charge on any atom is 0.224 e. The van der Waals surface area contributed by atoms with Crippen molar-refractivity contribution in [3.63, 3.8) is 0 Å². The molecular weight excluding hydrogens is 566 g/mol. The molecule has 45 heavy (non-hydrogen) atoms. The number of fused-ring (bicyclic) bond motifs is 3. The molecule has 9 nitrogen and oxygen atoms in total. The molecule has 4 unspecified atom stereocenters. The molecule has 2 fully saturated rings. The van der Waals surface area contributed by atoms with Gasteiger partial charge in [-0.1, -0.05) is 43.3 Å². The van der Waals surface area contributed by atoms with E-state index < -0.39 is 11.8 Å². The van der Waals surface area contributed by atoms with E-state index in [-0.39, 0.29) is 29.7 Å².